The van der Waals surface area contributed by atoms with E-state index < -0.39 is 11.2 Å². The number of hydrogen-bond donors (Lipinski definition) is 1. The summed E-state index contributed by atoms with van der Waals surface area (Å²) in [4.78, 5) is 4.89. The Labute approximate surface area is 231 Å². The second kappa shape index (κ2) is 9.20. The van der Waals surface area contributed by atoms with Gasteiger partial charge in [0.25, 0.3) is 0 Å². The first-order valence-corrected chi connectivity index (χ1v) is 13.9. The highest BCUT2D eigenvalue weighted by Crippen LogP contribution is 2.57. The van der Waals surface area contributed by atoms with Crippen molar-refractivity contribution in [1.82, 2.24) is 0 Å². The molecule has 0 saturated carbocycles. The Morgan fingerprint density at radius 2 is 1.41 bits per heavy atom. The lowest BCUT2D eigenvalue weighted by Crippen LogP contribution is -2.48. The quantitative estimate of drug-likeness (QED) is 0.331. The van der Waals surface area contributed by atoms with Crippen LogP contribution in [0.5, 0.6) is 11.5 Å². The van der Waals surface area contributed by atoms with Crippen molar-refractivity contribution in [2.45, 2.75) is 45.8 Å². The number of methoxy groups -OCH3 is 1. The van der Waals surface area contributed by atoms with E-state index in [1.165, 1.54) is 11.3 Å². The number of hydrogen-bond acceptors (Lipinski definition) is 5. The minimum Gasteiger partial charge on any atom is -0.495 e. The minimum absolute atomic E-state index is 0.821. The van der Waals surface area contributed by atoms with Gasteiger partial charge < -0.3 is 24.4 Å². The number of nitrogens with zero attached hydrogens (tertiary/aromatic N) is 2. The van der Waals surface area contributed by atoms with Crippen LogP contribution in [0.3, 0.4) is 0 Å². The Hall–Kier alpha value is -3.70. The maximum absolute atomic E-state index is 12.8. The topological polar surface area (TPSA) is 45.2 Å². The van der Waals surface area contributed by atoms with Crippen LogP contribution in [-0.2, 0) is 5.60 Å². The summed E-state index contributed by atoms with van der Waals surface area (Å²) in [6, 6.07) is 22.7. The van der Waals surface area contributed by atoms with Crippen LogP contribution in [-0.4, -0.2) is 44.0 Å². The normalized spacial score (nSPS) is 20.2. The summed E-state index contributed by atoms with van der Waals surface area (Å²) in [5, 5.41) is 15.0. The van der Waals surface area contributed by atoms with E-state index in [2.05, 4.69) is 67.0 Å². The van der Waals surface area contributed by atoms with E-state index in [9.17, 15) is 5.11 Å². The third-order valence-corrected chi connectivity index (χ3v) is 9.01. The molecule has 1 saturated heterocycles. The fourth-order valence-corrected chi connectivity index (χ4v) is 6.83. The van der Waals surface area contributed by atoms with Gasteiger partial charge in [0.15, 0.2) is 5.60 Å². The lowest BCUT2D eigenvalue weighted by Gasteiger charge is -2.40. The molecule has 5 heteroatoms. The van der Waals surface area contributed by atoms with Gasteiger partial charge in [0.05, 0.1) is 12.8 Å². The molecule has 0 amide bonds. The average molecular weight is 523 g/mol. The molecule has 202 valence electrons. The molecule has 6 rings (SSSR count). The second-order valence-corrected chi connectivity index (χ2v) is 11.4. The summed E-state index contributed by atoms with van der Waals surface area (Å²) in [6.07, 6.45) is 0. The zero-order valence-corrected chi connectivity index (χ0v) is 23.8. The number of ether oxygens (including phenoxy) is 2. The fraction of sp³-hybridized carbons (Fsp3) is 0.353. The van der Waals surface area contributed by atoms with E-state index in [-0.39, 0.29) is 0 Å². The number of fused-ring (bicyclic) bond motifs is 2. The maximum Gasteiger partial charge on any atom is 0.158 e. The summed E-state index contributed by atoms with van der Waals surface area (Å²) in [5.41, 5.74) is 5.40. The van der Waals surface area contributed by atoms with Gasteiger partial charge in [-0.1, -0.05) is 54.6 Å². The van der Waals surface area contributed by atoms with Crippen molar-refractivity contribution < 1.29 is 14.6 Å². The summed E-state index contributed by atoms with van der Waals surface area (Å²) >= 11 is 0. The van der Waals surface area contributed by atoms with Crippen molar-refractivity contribution in [3.63, 3.8) is 0 Å². The number of rotatable bonds is 4. The van der Waals surface area contributed by atoms with Crippen LogP contribution in [0.25, 0.3) is 10.8 Å². The Bertz CT molecular complexity index is 1560. The van der Waals surface area contributed by atoms with Crippen LogP contribution in [0, 0.1) is 20.8 Å². The van der Waals surface area contributed by atoms with Gasteiger partial charge in [-0.2, -0.15) is 0 Å². The van der Waals surface area contributed by atoms with E-state index in [4.69, 9.17) is 9.47 Å². The Morgan fingerprint density at radius 3 is 2.15 bits per heavy atom. The molecule has 4 aromatic rings. The van der Waals surface area contributed by atoms with Crippen LogP contribution in [0.4, 0.5) is 11.4 Å². The van der Waals surface area contributed by atoms with Crippen LogP contribution in [0.15, 0.2) is 66.7 Å². The van der Waals surface area contributed by atoms with E-state index in [1.807, 2.05) is 44.2 Å². The molecule has 0 aromatic heterocycles. The summed E-state index contributed by atoms with van der Waals surface area (Å²) in [5.74, 6) is 1.73. The summed E-state index contributed by atoms with van der Waals surface area (Å²) in [6.45, 7) is 14.1. The van der Waals surface area contributed by atoms with Gasteiger partial charge in [-0.15, -0.1) is 0 Å². The number of aliphatic hydroxyl groups is 1. The minimum atomic E-state index is -1.31. The Balaban J connectivity index is 1.45. The third-order valence-electron chi connectivity index (χ3n) is 9.01. The predicted molar refractivity (Wildman–Crippen MR) is 160 cm³/mol. The monoisotopic (exact) mass is 522 g/mol. The van der Waals surface area contributed by atoms with Crippen LogP contribution >= 0.6 is 0 Å². The van der Waals surface area contributed by atoms with E-state index in [0.717, 1.165) is 76.4 Å². The van der Waals surface area contributed by atoms with Crippen molar-refractivity contribution in [3.8, 4) is 11.5 Å². The summed E-state index contributed by atoms with van der Waals surface area (Å²) < 4.78 is 12.3. The highest BCUT2D eigenvalue weighted by Gasteiger charge is 2.57. The zero-order chi connectivity index (χ0) is 27.5. The molecule has 1 unspecified atom stereocenters. The lowest BCUT2D eigenvalue weighted by molar-refractivity contribution is -0.0635. The molecule has 0 spiro atoms. The van der Waals surface area contributed by atoms with Crippen molar-refractivity contribution in [2.75, 3.05) is 43.1 Å². The lowest BCUT2D eigenvalue weighted by atomic mass is 9.72. The number of piperazine rings is 1. The van der Waals surface area contributed by atoms with Crippen molar-refractivity contribution in [2.24, 2.45) is 0 Å². The number of para-hydroxylation sites is 2. The molecule has 1 fully saturated rings. The molecule has 2 heterocycles. The Kier molecular flexibility index (Phi) is 6.03. The van der Waals surface area contributed by atoms with E-state index in [1.54, 1.807) is 7.11 Å². The van der Waals surface area contributed by atoms with Crippen LogP contribution < -0.4 is 19.3 Å². The molecule has 2 aliphatic heterocycles. The fourth-order valence-electron chi connectivity index (χ4n) is 6.83. The van der Waals surface area contributed by atoms with Gasteiger partial charge in [0, 0.05) is 37.4 Å². The highest BCUT2D eigenvalue weighted by atomic mass is 16.5. The summed E-state index contributed by atoms with van der Waals surface area (Å²) in [7, 11) is 1.73. The highest BCUT2D eigenvalue weighted by molar-refractivity contribution is 5.88. The molecule has 1 atom stereocenters. The molecule has 0 aliphatic carbocycles. The predicted octanol–water partition coefficient (Wildman–Crippen LogP) is 6.51. The molecule has 4 aromatic carbocycles. The molecule has 1 N–H and O–H groups in total. The van der Waals surface area contributed by atoms with Gasteiger partial charge >= 0.3 is 0 Å². The van der Waals surface area contributed by atoms with Crippen LogP contribution in [0.2, 0.25) is 0 Å². The third kappa shape index (κ3) is 3.70. The molecular weight excluding hydrogens is 484 g/mol. The molecule has 0 bridgehead atoms. The van der Waals surface area contributed by atoms with Crippen molar-refractivity contribution in [3.05, 3.63) is 94.5 Å². The zero-order valence-electron chi connectivity index (χ0n) is 23.8. The SMILES string of the molecule is COc1ccccc1N1CCN(c2c(C)c(C)c3c(c2C)C(O)(c2cccc4ccccc24)C(C)(C)O3)CC1. The van der Waals surface area contributed by atoms with Crippen molar-refractivity contribution in [1.29, 1.82) is 0 Å². The molecule has 39 heavy (non-hydrogen) atoms. The van der Waals surface area contributed by atoms with Crippen molar-refractivity contribution >= 4 is 22.1 Å². The molecule has 5 nitrogen and oxygen atoms in total. The van der Waals surface area contributed by atoms with E-state index in [0.29, 0.717) is 0 Å². The first-order valence-electron chi connectivity index (χ1n) is 13.9. The smallest absolute Gasteiger partial charge is 0.158 e. The van der Waals surface area contributed by atoms with Gasteiger partial charge in [-0.25, -0.2) is 0 Å². The van der Waals surface area contributed by atoms with Gasteiger partial charge in [0.2, 0.25) is 0 Å². The first kappa shape index (κ1) is 25.6. The standard InChI is InChI=1S/C34H38N2O3/c1-22-23(2)32-30(34(37,33(4,5)39-32)27-15-11-13-25-12-7-8-14-26(25)27)24(3)31(22)36-20-18-35(19-21-36)28-16-9-10-17-29(28)38-6/h7-17,37H,18-21H2,1-6H3. The van der Waals surface area contributed by atoms with E-state index >= 15 is 0 Å². The largest absolute Gasteiger partial charge is 0.495 e. The molecule has 0 radical (unpaired) electrons. The Morgan fingerprint density at radius 1 is 0.769 bits per heavy atom. The van der Waals surface area contributed by atoms with Crippen LogP contribution in [0.1, 0.15) is 41.7 Å². The first-order chi connectivity index (χ1) is 18.7. The molecule has 2 aliphatic rings. The molecular formula is C34H38N2O3. The van der Waals surface area contributed by atoms with Gasteiger partial charge in [-0.05, 0) is 79.8 Å². The van der Waals surface area contributed by atoms with Gasteiger partial charge in [0.1, 0.15) is 17.1 Å². The maximum atomic E-state index is 12.8. The number of anilines is 2. The number of benzene rings is 4. The van der Waals surface area contributed by atoms with Gasteiger partial charge in [-0.3, -0.25) is 0 Å². The average Bonchev–Trinajstić information content (AvgIpc) is 3.18. The second-order valence-electron chi connectivity index (χ2n) is 11.4.